The number of allylic oxidation sites excluding steroid dienone is 1. The number of hydrogen-bond donors (Lipinski definition) is 0. The van der Waals surface area contributed by atoms with Gasteiger partial charge in [-0.1, -0.05) is 30.3 Å². The zero-order chi connectivity index (χ0) is 15.4. The van der Waals surface area contributed by atoms with Crippen molar-refractivity contribution in [2.45, 2.75) is 19.8 Å². The highest BCUT2D eigenvalue weighted by Gasteiger charge is 2.20. The van der Waals surface area contributed by atoms with Gasteiger partial charge in [-0.3, -0.25) is 8.97 Å². The molecule has 3 heteroatoms. The molecule has 0 spiro atoms. The van der Waals surface area contributed by atoms with Gasteiger partial charge in [0.15, 0.2) is 0 Å². The lowest BCUT2D eigenvalue weighted by Crippen LogP contribution is -1.96. The lowest BCUT2D eigenvalue weighted by atomic mass is 10.1. The molecule has 0 N–H and O–H groups in total. The third-order valence-corrected chi connectivity index (χ3v) is 4.62. The number of nitrogens with zero attached hydrogens (tertiary/aromatic N) is 3. The molecular weight excluding hydrogens is 282 g/mol. The van der Waals surface area contributed by atoms with Gasteiger partial charge in [0, 0.05) is 5.69 Å². The summed E-state index contributed by atoms with van der Waals surface area (Å²) < 4.78 is 4.57. The SMILES string of the molecule is Cc1ccc2c(c1)n1c3c(nc1n2-c1ccccc1)CCC=C3. The second-order valence-corrected chi connectivity index (χ2v) is 6.18. The van der Waals surface area contributed by atoms with Crippen LogP contribution in [0.5, 0.6) is 0 Å². The molecule has 0 bridgehead atoms. The predicted octanol–water partition coefficient (Wildman–Crippen LogP) is 4.55. The van der Waals surface area contributed by atoms with E-state index in [0.29, 0.717) is 0 Å². The summed E-state index contributed by atoms with van der Waals surface area (Å²) in [5.74, 6) is 1.01. The normalized spacial score (nSPS) is 13.8. The first-order valence-electron chi connectivity index (χ1n) is 8.07. The average molecular weight is 299 g/mol. The van der Waals surface area contributed by atoms with Crippen molar-refractivity contribution in [1.29, 1.82) is 0 Å². The molecule has 3 nitrogen and oxygen atoms in total. The molecule has 2 aromatic heterocycles. The van der Waals surface area contributed by atoms with Crippen molar-refractivity contribution in [1.82, 2.24) is 14.0 Å². The fourth-order valence-electron chi connectivity index (χ4n) is 3.56. The van der Waals surface area contributed by atoms with Gasteiger partial charge in [0.25, 0.3) is 0 Å². The second-order valence-electron chi connectivity index (χ2n) is 6.18. The van der Waals surface area contributed by atoms with E-state index in [0.717, 1.165) is 24.3 Å². The molecule has 0 fully saturated rings. The highest BCUT2D eigenvalue weighted by atomic mass is 15.2. The Bertz CT molecular complexity index is 1060. The smallest absolute Gasteiger partial charge is 0.220 e. The fraction of sp³-hybridized carbons (Fsp3) is 0.150. The van der Waals surface area contributed by atoms with E-state index < -0.39 is 0 Å². The Kier molecular flexibility index (Phi) is 2.54. The van der Waals surface area contributed by atoms with Crippen LogP contribution < -0.4 is 0 Å². The Morgan fingerprint density at radius 2 is 1.87 bits per heavy atom. The van der Waals surface area contributed by atoms with Crippen LogP contribution in [0.1, 0.15) is 23.4 Å². The molecule has 4 aromatic rings. The molecule has 0 radical (unpaired) electrons. The zero-order valence-electron chi connectivity index (χ0n) is 13.0. The maximum Gasteiger partial charge on any atom is 0.220 e. The summed E-state index contributed by atoms with van der Waals surface area (Å²) in [6, 6.07) is 17.1. The molecule has 0 saturated heterocycles. The molecule has 23 heavy (non-hydrogen) atoms. The average Bonchev–Trinajstić information content (AvgIpc) is 3.10. The van der Waals surface area contributed by atoms with Crippen molar-refractivity contribution in [2.75, 3.05) is 0 Å². The molecule has 2 heterocycles. The van der Waals surface area contributed by atoms with E-state index in [-0.39, 0.29) is 0 Å². The van der Waals surface area contributed by atoms with Crippen LogP contribution in [-0.2, 0) is 6.42 Å². The minimum Gasteiger partial charge on any atom is -0.278 e. The van der Waals surface area contributed by atoms with Crippen molar-refractivity contribution >= 4 is 22.9 Å². The van der Waals surface area contributed by atoms with Crippen LogP contribution in [-0.4, -0.2) is 14.0 Å². The molecule has 0 saturated carbocycles. The lowest BCUT2D eigenvalue weighted by Gasteiger charge is -2.06. The monoisotopic (exact) mass is 299 g/mol. The Morgan fingerprint density at radius 1 is 1.00 bits per heavy atom. The van der Waals surface area contributed by atoms with Gasteiger partial charge in [-0.2, -0.15) is 0 Å². The van der Waals surface area contributed by atoms with Crippen LogP contribution in [0.15, 0.2) is 54.6 Å². The number of benzene rings is 2. The minimum absolute atomic E-state index is 1.01. The molecular formula is C20H17N3. The Morgan fingerprint density at radius 3 is 2.74 bits per heavy atom. The van der Waals surface area contributed by atoms with Gasteiger partial charge in [0.2, 0.25) is 5.78 Å². The van der Waals surface area contributed by atoms with Gasteiger partial charge < -0.3 is 0 Å². The second kappa shape index (κ2) is 4.59. The lowest BCUT2D eigenvalue weighted by molar-refractivity contribution is 0.940. The van der Waals surface area contributed by atoms with Crippen LogP contribution in [0.4, 0.5) is 0 Å². The fourth-order valence-corrected chi connectivity index (χ4v) is 3.56. The largest absolute Gasteiger partial charge is 0.278 e. The molecule has 0 amide bonds. The van der Waals surface area contributed by atoms with Gasteiger partial charge in [0.05, 0.1) is 22.4 Å². The molecule has 0 atom stereocenters. The van der Waals surface area contributed by atoms with Crippen molar-refractivity contribution < 1.29 is 0 Å². The summed E-state index contributed by atoms with van der Waals surface area (Å²) in [7, 11) is 0. The number of fused-ring (bicyclic) bond motifs is 5. The molecule has 5 rings (SSSR count). The number of para-hydroxylation sites is 1. The Labute approximate surface area is 134 Å². The van der Waals surface area contributed by atoms with Crippen LogP contribution in [0.2, 0.25) is 0 Å². The Balaban J connectivity index is 1.99. The van der Waals surface area contributed by atoms with E-state index >= 15 is 0 Å². The summed E-state index contributed by atoms with van der Waals surface area (Å²) in [5, 5.41) is 0. The quantitative estimate of drug-likeness (QED) is 0.505. The topological polar surface area (TPSA) is 22.2 Å². The summed E-state index contributed by atoms with van der Waals surface area (Å²) in [6.07, 6.45) is 6.57. The standard InChI is InChI=1S/C20H17N3/c1-14-11-12-18-19(13-14)23-17-10-6-5-9-16(17)21-20(23)22(18)15-7-3-2-4-8-15/h2-4,6-8,10-13H,5,9H2,1H3. The van der Waals surface area contributed by atoms with E-state index in [9.17, 15) is 0 Å². The minimum atomic E-state index is 1.01. The first kappa shape index (κ1) is 12.7. The third kappa shape index (κ3) is 1.73. The van der Waals surface area contributed by atoms with Crippen molar-refractivity contribution in [2.24, 2.45) is 0 Å². The zero-order valence-corrected chi connectivity index (χ0v) is 13.0. The molecule has 2 aromatic carbocycles. The van der Waals surface area contributed by atoms with Crippen molar-refractivity contribution in [3.8, 4) is 5.69 Å². The maximum absolute atomic E-state index is 4.97. The highest BCUT2D eigenvalue weighted by Crippen LogP contribution is 2.30. The number of imidazole rings is 2. The molecule has 1 aliphatic carbocycles. The van der Waals surface area contributed by atoms with Crippen LogP contribution in [0.3, 0.4) is 0 Å². The van der Waals surface area contributed by atoms with E-state index in [1.165, 1.54) is 28.0 Å². The first-order valence-corrected chi connectivity index (χ1v) is 8.07. The van der Waals surface area contributed by atoms with E-state index in [2.05, 4.69) is 76.6 Å². The molecule has 112 valence electrons. The molecule has 0 aliphatic heterocycles. The first-order chi connectivity index (χ1) is 11.3. The summed E-state index contributed by atoms with van der Waals surface area (Å²) in [4.78, 5) is 4.97. The van der Waals surface area contributed by atoms with Crippen LogP contribution in [0.25, 0.3) is 28.6 Å². The van der Waals surface area contributed by atoms with Gasteiger partial charge in [-0.25, -0.2) is 4.98 Å². The van der Waals surface area contributed by atoms with E-state index in [1.807, 2.05) is 0 Å². The number of aromatic nitrogens is 3. The van der Waals surface area contributed by atoms with E-state index in [4.69, 9.17) is 4.98 Å². The van der Waals surface area contributed by atoms with Gasteiger partial charge >= 0.3 is 0 Å². The van der Waals surface area contributed by atoms with Crippen molar-refractivity contribution in [3.63, 3.8) is 0 Å². The number of rotatable bonds is 1. The number of aryl methyl sites for hydroxylation is 2. The van der Waals surface area contributed by atoms with Gasteiger partial charge in [0.1, 0.15) is 0 Å². The maximum atomic E-state index is 4.97. The van der Waals surface area contributed by atoms with Crippen LogP contribution >= 0.6 is 0 Å². The Hall–Kier alpha value is -2.81. The summed E-state index contributed by atoms with van der Waals surface area (Å²) in [5.41, 5.74) is 7.29. The highest BCUT2D eigenvalue weighted by molar-refractivity contribution is 5.86. The van der Waals surface area contributed by atoms with Crippen LogP contribution in [0, 0.1) is 6.92 Å². The van der Waals surface area contributed by atoms with E-state index in [1.54, 1.807) is 0 Å². The summed E-state index contributed by atoms with van der Waals surface area (Å²) >= 11 is 0. The van der Waals surface area contributed by atoms with Crippen molar-refractivity contribution in [3.05, 3.63) is 71.6 Å². The van der Waals surface area contributed by atoms with Gasteiger partial charge in [-0.05, 0) is 55.7 Å². The summed E-state index contributed by atoms with van der Waals surface area (Å²) in [6.45, 7) is 2.14. The van der Waals surface area contributed by atoms with Gasteiger partial charge in [-0.15, -0.1) is 0 Å². The third-order valence-electron chi connectivity index (χ3n) is 4.62. The number of hydrogen-bond acceptors (Lipinski definition) is 1. The predicted molar refractivity (Wildman–Crippen MR) is 94.1 cm³/mol. The molecule has 1 aliphatic rings. The molecule has 0 unspecified atom stereocenters.